The average Bonchev–Trinajstić information content (AvgIpc) is 3.35. The van der Waals surface area contributed by atoms with Gasteiger partial charge in [-0.05, 0) is 46.7 Å². The van der Waals surface area contributed by atoms with E-state index < -0.39 is 0 Å². The third kappa shape index (κ3) is 2.91. The molecule has 2 N–H and O–H groups in total. The zero-order valence-electron chi connectivity index (χ0n) is 15.2. The number of hydrogen-bond donors (Lipinski definition) is 2. The standard InChI is InChI=1S/C22H17N5O/c1-27-13-19(12-25-27)15-3-5-17-11-24-21(10-18(17)8-15)26-22(28)16-4-2-14-6-7-23-20(14)9-16/h2-13,23H,1H3,(H,24,26,28). The number of nitrogens with one attached hydrogen (secondary N) is 2. The van der Waals surface area contributed by atoms with Crippen molar-refractivity contribution in [1.29, 1.82) is 0 Å². The lowest BCUT2D eigenvalue weighted by Gasteiger charge is -2.07. The average molecular weight is 367 g/mol. The highest BCUT2D eigenvalue weighted by atomic mass is 16.1. The summed E-state index contributed by atoms with van der Waals surface area (Å²) in [5.41, 5.74) is 3.63. The van der Waals surface area contributed by atoms with Crippen molar-refractivity contribution >= 4 is 33.4 Å². The monoisotopic (exact) mass is 367 g/mol. The van der Waals surface area contributed by atoms with Crippen molar-refractivity contribution in [3.63, 3.8) is 0 Å². The van der Waals surface area contributed by atoms with Crippen molar-refractivity contribution < 1.29 is 4.79 Å². The molecular weight excluding hydrogens is 350 g/mol. The summed E-state index contributed by atoms with van der Waals surface area (Å²) in [4.78, 5) is 20.1. The maximum atomic E-state index is 12.6. The van der Waals surface area contributed by atoms with Crippen LogP contribution in [0.25, 0.3) is 32.8 Å². The molecule has 5 rings (SSSR count). The topological polar surface area (TPSA) is 75.6 Å². The third-order valence-electron chi connectivity index (χ3n) is 4.82. The first kappa shape index (κ1) is 16.3. The smallest absolute Gasteiger partial charge is 0.256 e. The number of fused-ring (bicyclic) bond motifs is 2. The van der Waals surface area contributed by atoms with Gasteiger partial charge < -0.3 is 10.3 Å². The zero-order chi connectivity index (χ0) is 19.1. The minimum atomic E-state index is -0.188. The minimum Gasteiger partial charge on any atom is -0.361 e. The van der Waals surface area contributed by atoms with E-state index in [4.69, 9.17) is 0 Å². The van der Waals surface area contributed by atoms with Gasteiger partial charge in [0, 0.05) is 47.7 Å². The van der Waals surface area contributed by atoms with E-state index in [-0.39, 0.29) is 5.91 Å². The Morgan fingerprint density at radius 1 is 0.964 bits per heavy atom. The highest BCUT2D eigenvalue weighted by Crippen LogP contribution is 2.25. The first-order valence-electron chi connectivity index (χ1n) is 8.93. The van der Waals surface area contributed by atoms with Crippen molar-refractivity contribution in [3.8, 4) is 11.1 Å². The second-order valence-corrected chi connectivity index (χ2v) is 6.77. The summed E-state index contributed by atoms with van der Waals surface area (Å²) in [6.07, 6.45) is 7.44. The Labute approximate surface area is 160 Å². The molecule has 0 radical (unpaired) electrons. The predicted molar refractivity (Wildman–Crippen MR) is 110 cm³/mol. The molecule has 0 aliphatic rings. The largest absolute Gasteiger partial charge is 0.361 e. The van der Waals surface area contributed by atoms with E-state index in [1.165, 1.54) is 0 Å². The zero-order valence-corrected chi connectivity index (χ0v) is 15.2. The van der Waals surface area contributed by atoms with Gasteiger partial charge in [0.25, 0.3) is 5.91 Å². The van der Waals surface area contributed by atoms with Crippen LogP contribution in [0.4, 0.5) is 5.82 Å². The van der Waals surface area contributed by atoms with Crippen molar-refractivity contribution in [2.45, 2.75) is 0 Å². The van der Waals surface area contributed by atoms with Gasteiger partial charge >= 0.3 is 0 Å². The Balaban J connectivity index is 1.45. The van der Waals surface area contributed by atoms with Crippen LogP contribution in [0.15, 0.2) is 73.3 Å². The molecule has 6 heteroatoms. The number of benzene rings is 2. The molecule has 0 unspecified atom stereocenters. The number of aryl methyl sites for hydroxylation is 1. The normalized spacial score (nSPS) is 11.2. The highest BCUT2D eigenvalue weighted by molar-refractivity contribution is 6.06. The van der Waals surface area contributed by atoms with E-state index in [1.54, 1.807) is 10.9 Å². The highest BCUT2D eigenvalue weighted by Gasteiger charge is 2.09. The molecule has 0 aliphatic carbocycles. The summed E-state index contributed by atoms with van der Waals surface area (Å²) in [7, 11) is 1.90. The maximum absolute atomic E-state index is 12.6. The summed E-state index contributed by atoms with van der Waals surface area (Å²) < 4.78 is 1.78. The molecule has 6 nitrogen and oxygen atoms in total. The van der Waals surface area contributed by atoms with Gasteiger partial charge in [0.2, 0.25) is 0 Å². The van der Waals surface area contributed by atoms with Gasteiger partial charge in [0.1, 0.15) is 5.82 Å². The van der Waals surface area contributed by atoms with E-state index in [9.17, 15) is 4.79 Å². The van der Waals surface area contributed by atoms with E-state index >= 15 is 0 Å². The number of carbonyl (C=O) groups is 1. The van der Waals surface area contributed by atoms with Crippen LogP contribution >= 0.6 is 0 Å². The molecule has 136 valence electrons. The van der Waals surface area contributed by atoms with Crippen LogP contribution in [0.3, 0.4) is 0 Å². The lowest BCUT2D eigenvalue weighted by atomic mass is 10.0. The Hall–Kier alpha value is -3.93. The van der Waals surface area contributed by atoms with Gasteiger partial charge in [-0.25, -0.2) is 4.98 Å². The Morgan fingerprint density at radius 2 is 1.86 bits per heavy atom. The Bertz CT molecular complexity index is 1330. The van der Waals surface area contributed by atoms with E-state index in [2.05, 4.69) is 26.4 Å². The SMILES string of the molecule is Cn1cc(-c2ccc3cnc(NC(=O)c4ccc5cc[nH]c5c4)cc3c2)cn1. The fraction of sp³-hybridized carbons (Fsp3) is 0.0455. The number of nitrogens with zero attached hydrogens (tertiary/aromatic N) is 3. The van der Waals surface area contributed by atoms with Crippen LogP contribution in [0.5, 0.6) is 0 Å². The Morgan fingerprint density at radius 3 is 2.71 bits per heavy atom. The van der Waals surface area contributed by atoms with Crippen molar-refractivity contribution in [2.24, 2.45) is 7.05 Å². The van der Waals surface area contributed by atoms with Gasteiger partial charge in [-0.15, -0.1) is 0 Å². The fourth-order valence-corrected chi connectivity index (χ4v) is 3.34. The van der Waals surface area contributed by atoms with Crippen molar-refractivity contribution in [2.75, 3.05) is 5.32 Å². The summed E-state index contributed by atoms with van der Waals surface area (Å²) in [6.45, 7) is 0. The number of aromatic amines is 1. The second-order valence-electron chi connectivity index (χ2n) is 6.77. The number of pyridine rings is 1. The quantitative estimate of drug-likeness (QED) is 0.497. The molecule has 3 heterocycles. The summed E-state index contributed by atoms with van der Waals surface area (Å²) >= 11 is 0. The number of aromatic nitrogens is 4. The van der Waals surface area contributed by atoms with E-state index in [0.717, 1.165) is 32.8 Å². The predicted octanol–water partition coefficient (Wildman–Crippen LogP) is 4.37. The van der Waals surface area contributed by atoms with Crippen LogP contribution in [0.1, 0.15) is 10.4 Å². The fourth-order valence-electron chi connectivity index (χ4n) is 3.34. The lowest BCUT2D eigenvalue weighted by Crippen LogP contribution is -2.12. The molecule has 3 aromatic heterocycles. The summed E-state index contributed by atoms with van der Waals surface area (Å²) in [5.74, 6) is 0.333. The van der Waals surface area contributed by atoms with Crippen LogP contribution in [-0.2, 0) is 7.05 Å². The van der Waals surface area contributed by atoms with Crippen LogP contribution in [0, 0.1) is 0 Å². The first-order chi connectivity index (χ1) is 13.7. The number of amides is 1. The third-order valence-corrected chi connectivity index (χ3v) is 4.82. The number of anilines is 1. The summed E-state index contributed by atoms with van der Waals surface area (Å²) in [5, 5.41) is 10.2. The molecule has 5 aromatic rings. The molecule has 0 fully saturated rings. The molecule has 0 bridgehead atoms. The molecule has 0 spiro atoms. The summed E-state index contributed by atoms with van der Waals surface area (Å²) in [6, 6.07) is 15.6. The van der Waals surface area contributed by atoms with Gasteiger partial charge in [0.15, 0.2) is 0 Å². The number of hydrogen-bond acceptors (Lipinski definition) is 3. The Kier molecular flexibility index (Phi) is 3.69. The van der Waals surface area contributed by atoms with Gasteiger partial charge in [-0.2, -0.15) is 5.10 Å². The van der Waals surface area contributed by atoms with E-state index in [0.29, 0.717) is 11.4 Å². The molecule has 0 atom stereocenters. The molecule has 0 aliphatic heterocycles. The molecule has 0 saturated carbocycles. The first-order valence-corrected chi connectivity index (χ1v) is 8.93. The molecule has 0 saturated heterocycles. The molecule has 28 heavy (non-hydrogen) atoms. The van der Waals surface area contributed by atoms with E-state index in [1.807, 2.05) is 68.1 Å². The molecule has 2 aromatic carbocycles. The molecule has 1 amide bonds. The number of carbonyl (C=O) groups excluding carboxylic acids is 1. The van der Waals surface area contributed by atoms with Gasteiger partial charge in [0.05, 0.1) is 6.20 Å². The van der Waals surface area contributed by atoms with Crippen molar-refractivity contribution in [1.82, 2.24) is 19.7 Å². The molecular formula is C22H17N5O. The minimum absolute atomic E-state index is 0.188. The van der Waals surface area contributed by atoms with Crippen molar-refractivity contribution in [3.05, 3.63) is 78.9 Å². The van der Waals surface area contributed by atoms with Gasteiger partial charge in [-0.3, -0.25) is 9.48 Å². The van der Waals surface area contributed by atoms with Crippen LogP contribution < -0.4 is 5.32 Å². The lowest BCUT2D eigenvalue weighted by molar-refractivity contribution is 0.102. The second kappa shape index (κ2) is 6.35. The van der Waals surface area contributed by atoms with Gasteiger partial charge in [-0.1, -0.05) is 18.2 Å². The number of H-pyrrole nitrogens is 1. The number of rotatable bonds is 3. The maximum Gasteiger partial charge on any atom is 0.256 e. The van der Waals surface area contributed by atoms with Crippen LogP contribution in [0.2, 0.25) is 0 Å². The van der Waals surface area contributed by atoms with Crippen LogP contribution in [-0.4, -0.2) is 25.7 Å².